The zero-order valence-electron chi connectivity index (χ0n) is 12.0. The summed E-state index contributed by atoms with van der Waals surface area (Å²) in [7, 11) is 0. The number of fused-ring (bicyclic) bond motifs is 1. The molecule has 1 aliphatic heterocycles. The van der Waals surface area contributed by atoms with Crippen LogP contribution in [0.25, 0.3) is 0 Å². The highest BCUT2D eigenvalue weighted by atomic mass is 35.5. The Balaban J connectivity index is 0.00000161. The maximum Gasteiger partial charge on any atom is 0.261 e. The van der Waals surface area contributed by atoms with E-state index in [-0.39, 0.29) is 18.3 Å². The molecule has 2 N–H and O–H groups in total. The van der Waals surface area contributed by atoms with Crippen LogP contribution in [0.3, 0.4) is 0 Å². The highest BCUT2D eigenvalue weighted by Crippen LogP contribution is 2.20. The van der Waals surface area contributed by atoms with Gasteiger partial charge in [0.2, 0.25) is 0 Å². The Kier molecular flexibility index (Phi) is 4.65. The molecule has 1 amide bonds. The zero-order valence-corrected chi connectivity index (χ0v) is 12.8. The first kappa shape index (κ1) is 15.5. The van der Waals surface area contributed by atoms with Gasteiger partial charge in [0.05, 0.1) is 5.69 Å². The minimum atomic E-state index is -0.176. The molecule has 1 aromatic carbocycles. The van der Waals surface area contributed by atoms with E-state index in [1.54, 1.807) is 13.8 Å². The summed E-state index contributed by atoms with van der Waals surface area (Å²) in [5.74, 6) is 0.365. The fourth-order valence-corrected chi connectivity index (χ4v) is 2.56. The lowest BCUT2D eigenvalue weighted by molar-refractivity contribution is 0.102. The van der Waals surface area contributed by atoms with E-state index in [0.29, 0.717) is 17.0 Å². The lowest BCUT2D eigenvalue weighted by Gasteiger charge is -2.18. The van der Waals surface area contributed by atoms with Gasteiger partial charge in [0.1, 0.15) is 11.3 Å². The van der Waals surface area contributed by atoms with Gasteiger partial charge >= 0.3 is 0 Å². The van der Waals surface area contributed by atoms with Gasteiger partial charge in [0.15, 0.2) is 0 Å². The van der Waals surface area contributed by atoms with E-state index in [1.165, 1.54) is 11.1 Å². The number of hydrogen-bond donors (Lipinski definition) is 2. The number of anilines is 1. The average molecular weight is 308 g/mol. The number of hydrogen-bond acceptors (Lipinski definition) is 4. The molecular weight excluding hydrogens is 290 g/mol. The zero-order chi connectivity index (χ0) is 14.1. The minimum absolute atomic E-state index is 0. The van der Waals surface area contributed by atoms with E-state index in [4.69, 9.17) is 4.52 Å². The van der Waals surface area contributed by atoms with Crippen LogP contribution in [0.2, 0.25) is 0 Å². The number of carbonyl (C=O) groups is 1. The summed E-state index contributed by atoms with van der Waals surface area (Å²) in [6, 6.07) is 6.05. The predicted octanol–water partition coefficient (Wildman–Crippen LogP) is 2.61. The van der Waals surface area contributed by atoms with Crippen LogP contribution in [0.1, 0.15) is 32.9 Å². The van der Waals surface area contributed by atoms with Crippen molar-refractivity contribution in [1.82, 2.24) is 10.5 Å². The average Bonchev–Trinajstić information content (AvgIpc) is 2.78. The van der Waals surface area contributed by atoms with Crippen molar-refractivity contribution in [2.45, 2.75) is 26.8 Å². The predicted molar refractivity (Wildman–Crippen MR) is 83.0 cm³/mol. The number of aryl methyl sites for hydroxylation is 2. The van der Waals surface area contributed by atoms with E-state index in [0.717, 1.165) is 25.2 Å². The summed E-state index contributed by atoms with van der Waals surface area (Å²) in [5, 5.41) is 10.0. The Morgan fingerprint density at radius 1 is 1.33 bits per heavy atom. The molecule has 0 bridgehead atoms. The molecule has 0 radical (unpaired) electrons. The van der Waals surface area contributed by atoms with Gasteiger partial charge in [-0.15, -0.1) is 12.4 Å². The molecule has 0 saturated heterocycles. The third-order valence-corrected chi connectivity index (χ3v) is 3.61. The number of aromatic nitrogens is 1. The second-order valence-electron chi connectivity index (χ2n) is 5.06. The molecule has 1 aromatic heterocycles. The lowest BCUT2D eigenvalue weighted by Crippen LogP contribution is -2.23. The van der Waals surface area contributed by atoms with Gasteiger partial charge < -0.3 is 15.2 Å². The Morgan fingerprint density at radius 2 is 2.14 bits per heavy atom. The first-order valence-electron chi connectivity index (χ1n) is 6.72. The molecule has 21 heavy (non-hydrogen) atoms. The van der Waals surface area contributed by atoms with Crippen molar-refractivity contribution in [3.8, 4) is 0 Å². The normalized spacial score (nSPS) is 13.2. The number of nitrogens with zero attached hydrogens (tertiary/aromatic N) is 1. The Labute approximate surface area is 129 Å². The van der Waals surface area contributed by atoms with Crippen LogP contribution in [0, 0.1) is 13.8 Å². The summed E-state index contributed by atoms with van der Waals surface area (Å²) in [6.45, 7) is 5.37. The molecule has 0 atom stereocenters. The number of nitrogens with one attached hydrogen (secondary N) is 2. The second-order valence-corrected chi connectivity index (χ2v) is 5.06. The van der Waals surface area contributed by atoms with Crippen LogP contribution < -0.4 is 10.6 Å². The lowest BCUT2D eigenvalue weighted by atomic mass is 10.0. The summed E-state index contributed by atoms with van der Waals surface area (Å²) >= 11 is 0. The van der Waals surface area contributed by atoms with Crippen LogP contribution >= 0.6 is 12.4 Å². The van der Waals surface area contributed by atoms with Crippen LogP contribution in [-0.2, 0) is 13.0 Å². The number of carbonyl (C=O) groups excluding carboxylic acids is 1. The van der Waals surface area contributed by atoms with Gasteiger partial charge in [-0.25, -0.2) is 0 Å². The van der Waals surface area contributed by atoms with E-state index in [2.05, 4.69) is 21.9 Å². The summed E-state index contributed by atoms with van der Waals surface area (Å²) in [5.41, 5.74) is 4.52. The molecule has 0 fully saturated rings. The van der Waals surface area contributed by atoms with Crippen molar-refractivity contribution in [2.75, 3.05) is 11.9 Å². The van der Waals surface area contributed by atoms with E-state index in [9.17, 15) is 4.79 Å². The molecule has 0 unspecified atom stereocenters. The quantitative estimate of drug-likeness (QED) is 0.895. The number of amides is 1. The largest absolute Gasteiger partial charge is 0.361 e. The highest BCUT2D eigenvalue weighted by Gasteiger charge is 2.18. The van der Waals surface area contributed by atoms with Gasteiger partial charge in [0.25, 0.3) is 5.91 Å². The molecule has 5 nitrogen and oxygen atoms in total. The molecule has 2 aromatic rings. The number of rotatable bonds is 2. The van der Waals surface area contributed by atoms with Crippen LogP contribution in [0.15, 0.2) is 22.7 Å². The fourth-order valence-electron chi connectivity index (χ4n) is 2.56. The van der Waals surface area contributed by atoms with Crippen molar-refractivity contribution in [3.63, 3.8) is 0 Å². The maximum absolute atomic E-state index is 12.3. The van der Waals surface area contributed by atoms with Crippen molar-refractivity contribution in [2.24, 2.45) is 0 Å². The molecule has 112 valence electrons. The SMILES string of the molecule is Cc1noc(C)c1C(=O)Nc1ccc2c(c1)CNCC2.Cl. The third-order valence-electron chi connectivity index (χ3n) is 3.61. The number of halogens is 1. The molecule has 0 spiro atoms. The van der Waals surface area contributed by atoms with Gasteiger partial charge in [0, 0.05) is 12.2 Å². The van der Waals surface area contributed by atoms with Crippen LogP contribution in [-0.4, -0.2) is 17.6 Å². The maximum atomic E-state index is 12.3. The van der Waals surface area contributed by atoms with Gasteiger partial charge in [-0.05, 0) is 50.1 Å². The van der Waals surface area contributed by atoms with E-state index < -0.39 is 0 Å². The van der Waals surface area contributed by atoms with E-state index in [1.807, 2.05) is 12.1 Å². The van der Waals surface area contributed by atoms with Crippen LogP contribution in [0.5, 0.6) is 0 Å². The Morgan fingerprint density at radius 3 is 2.86 bits per heavy atom. The second kappa shape index (κ2) is 6.28. The molecule has 2 heterocycles. The summed E-state index contributed by atoms with van der Waals surface area (Å²) in [6.07, 6.45) is 1.04. The van der Waals surface area contributed by atoms with Crippen molar-refractivity contribution in [3.05, 3.63) is 46.3 Å². The fraction of sp³-hybridized carbons (Fsp3) is 0.333. The first-order chi connectivity index (χ1) is 9.65. The van der Waals surface area contributed by atoms with E-state index >= 15 is 0 Å². The van der Waals surface area contributed by atoms with Gasteiger partial charge in [-0.3, -0.25) is 4.79 Å². The number of benzene rings is 1. The topological polar surface area (TPSA) is 67.2 Å². The van der Waals surface area contributed by atoms with Crippen molar-refractivity contribution < 1.29 is 9.32 Å². The standard InChI is InChI=1S/C15H17N3O2.ClH/c1-9-14(10(2)20-18-9)15(19)17-13-4-3-11-5-6-16-8-12(11)7-13;/h3-4,7,16H,5-6,8H2,1-2H3,(H,17,19);1H. The van der Waals surface area contributed by atoms with Crippen molar-refractivity contribution in [1.29, 1.82) is 0 Å². The smallest absolute Gasteiger partial charge is 0.261 e. The Bertz CT molecular complexity index is 647. The van der Waals surface area contributed by atoms with Gasteiger partial charge in [-0.2, -0.15) is 0 Å². The first-order valence-corrected chi connectivity index (χ1v) is 6.72. The third kappa shape index (κ3) is 3.09. The van der Waals surface area contributed by atoms with Gasteiger partial charge in [-0.1, -0.05) is 11.2 Å². The molecular formula is C15H18ClN3O2. The monoisotopic (exact) mass is 307 g/mol. The summed E-state index contributed by atoms with van der Waals surface area (Å²) in [4.78, 5) is 12.3. The molecule has 3 rings (SSSR count). The summed E-state index contributed by atoms with van der Waals surface area (Å²) < 4.78 is 5.02. The molecule has 6 heteroatoms. The molecule has 0 aliphatic carbocycles. The van der Waals surface area contributed by atoms with Crippen molar-refractivity contribution >= 4 is 24.0 Å². The highest BCUT2D eigenvalue weighted by molar-refractivity contribution is 6.05. The minimum Gasteiger partial charge on any atom is -0.361 e. The molecule has 1 aliphatic rings. The Hall–Kier alpha value is -1.85. The van der Waals surface area contributed by atoms with Crippen LogP contribution in [0.4, 0.5) is 5.69 Å². The molecule has 0 saturated carbocycles.